The van der Waals surface area contributed by atoms with Crippen LogP contribution in [0.25, 0.3) is 0 Å². The molecular weight excluding hydrogens is 164 g/mol. The number of carbonyl (C=O) groups is 1. The Morgan fingerprint density at radius 1 is 1.62 bits per heavy atom. The zero-order chi connectivity index (χ0) is 10.5. The van der Waals surface area contributed by atoms with E-state index in [9.17, 15) is 4.79 Å². The van der Waals surface area contributed by atoms with Crippen LogP contribution >= 0.6 is 0 Å². The van der Waals surface area contributed by atoms with E-state index < -0.39 is 5.41 Å². The molecule has 0 saturated heterocycles. The molecule has 0 saturated carbocycles. The summed E-state index contributed by atoms with van der Waals surface area (Å²) in [7, 11) is 0. The monoisotopic (exact) mass is 182 g/mol. The van der Waals surface area contributed by atoms with E-state index in [-0.39, 0.29) is 5.91 Å². The quantitative estimate of drug-likeness (QED) is 0.719. The standard InChI is InChI=1S/C10H18N2O/c1-5-8(2)6-12-9(13)10(3,4)7-11/h8H,5-6H2,1-4H3,(H,12,13). The fourth-order valence-electron chi connectivity index (χ4n) is 0.683. The first-order valence-corrected chi connectivity index (χ1v) is 4.63. The van der Waals surface area contributed by atoms with Crippen molar-refractivity contribution in [1.29, 1.82) is 5.26 Å². The molecule has 0 bridgehead atoms. The number of hydrogen-bond donors (Lipinski definition) is 1. The third-order valence-electron chi connectivity index (χ3n) is 2.16. The van der Waals surface area contributed by atoms with Crippen LogP contribution in [0, 0.1) is 22.7 Å². The van der Waals surface area contributed by atoms with Crippen molar-refractivity contribution >= 4 is 5.91 Å². The summed E-state index contributed by atoms with van der Waals surface area (Å²) in [5.41, 5.74) is -0.909. The highest BCUT2D eigenvalue weighted by Crippen LogP contribution is 2.12. The van der Waals surface area contributed by atoms with Gasteiger partial charge in [-0.25, -0.2) is 0 Å². The van der Waals surface area contributed by atoms with Crippen LogP contribution < -0.4 is 5.32 Å². The van der Waals surface area contributed by atoms with Gasteiger partial charge in [0.2, 0.25) is 5.91 Å². The molecule has 0 aliphatic heterocycles. The summed E-state index contributed by atoms with van der Waals surface area (Å²) in [6.45, 7) is 8.05. The molecule has 0 aromatic rings. The van der Waals surface area contributed by atoms with Gasteiger partial charge in [0, 0.05) is 6.54 Å². The molecule has 13 heavy (non-hydrogen) atoms. The van der Waals surface area contributed by atoms with Gasteiger partial charge in [-0.1, -0.05) is 20.3 Å². The number of nitriles is 1. The van der Waals surface area contributed by atoms with Gasteiger partial charge in [-0.15, -0.1) is 0 Å². The second kappa shape index (κ2) is 4.86. The first-order chi connectivity index (χ1) is 5.94. The van der Waals surface area contributed by atoms with Crippen LogP contribution in [0.1, 0.15) is 34.1 Å². The Balaban J connectivity index is 3.97. The molecule has 0 rings (SSSR count). The van der Waals surface area contributed by atoms with Crippen molar-refractivity contribution < 1.29 is 4.79 Å². The fourth-order valence-corrected chi connectivity index (χ4v) is 0.683. The summed E-state index contributed by atoms with van der Waals surface area (Å²) in [6.07, 6.45) is 1.03. The number of rotatable bonds is 4. The lowest BCUT2D eigenvalue weighted by Crippen LogP contribution is -2.38. The average molecular weight is 182 g/mol. The van der Waals surface area contributed by atoms with Crippen molar-refractivity contribution in [3.05, 3.63) is 0 Å². The average Bonchev–Trinajstić information content (AvgIpc) is 2.13. The predicted molar refractivity (Wildman–Crippen MR) is 51.9 cm³/mol. The zero-order valence-electron chi connectivity index (χ0n) is 8.85. The molecule has 74 valence electrons. The van der Waals surface area contributed by atoms with Crippen molar-refractivity contribution in [3.63, 3.8) is 0 Å². The Kier molecular flexibility index (Phi) is 4.47. The fraction of sp³-hybridized carbons (Fsp3) is 0.800. The van der Waals surface area contributed by atoms with Crippen LogP contribution in [0.2, 0.25) is 0 Å². The van der Waals surface area contributed by atoms with Gasteiger partial charge in [-0.2, -0.15) is 5.26 Å². The minimum Gasteiger partial charge on any atom is -0.354 e. The molecule has 1 unspecified atom stereocenters. The number of hydrogen-bond acceptors (Lipinski definition) is 2. The molecule has 1 atom stereocenters. The third-order valence-corrected chi connectivity index (χ3v) is 2.16. The third kappa shape index (κ3) is 3.93. The van der Waals surface area contributed by atoms with Crippen LogP contribution in [0.15, 0.2) is 0 Å². The first-order valence-electron chi connectivity index (χ1n) is 4.63. The summed E-state index contributed by atoms with van der Waals surface area (Å²) >= 11 is 0. The topological polar surface area (TPSA) is 52.9 Å². The van der Waals surface area contributed by atoms with E-state index >= 15 is 0 Å². The summed E-state index contributed by atoms with van der Waals surface area (Å²) in [5, 5.41) is 11.4. The van der Waals surface area contributed by atoms with E-state index in [0.717, 1.165) is 6.42 Å². The molecule has 1 amide bonds. The lowest BCUT2D eigenvalue weighted by molar-refractivity contribution is -0.126. The molecule has 1 N–H and O–H groups in total. The number of carbonyl (C=O) groups excluding carboxylic acids is 1. The van der Waals surface area contributed by atoms with Crippen LogP contribution in [-0.4, -0.2) is 12.5 Å². The molecule has 0 aromatic heterocycles. The van der Waals surface area contributed by atoms with Crippen molar-refractivity contribution in [1.82, 2.24) is 5.32 Å². The van der Waals surface area contributed by atoms with Crippen LogP contribution in [0.3, 0.4) is 0 Å². The molecule has 0 aliphatic rings. The maximum atomic E-state index is 11.4. The Morgan fingerprint density at radius 3 is 2.54 bits per heavy atom. The Morgan fingerprint density at radius 2 is 2.15 bits per heavy atom. The van der Waals surface area contributed by atoms with Crippen LogP contribution in [0.5, 0.6) is 0 Å². The van der Waals surface area contributed by atoms with Crippen molar-refractivity contribution in [2.24, 2.45) is 11.3 Å². The lowest BCUT2D eigenvalue weighted by Gasteiger charge is -2.16. The Hall–Kier alpha value is -1.04. The maximum Gasteiger partial charge on any atom is 0.239 e. The van der Waals surface area contributed by atoms with Gasteiger partial charge in [0.05, 0.1) is 6.07 Å². The smallest absolute Gasteiger partial charge is 0.239 e. The molecule has 0 heterocycles. The van der Waals surface area contributed by atoms with Crippen molar-refractivity contribution in [3.8, 4) is 6.07 Å². The number of amides is 1. The molecule has 0 radical (unpaired) electrons. The predicted octanol–water partition coefficient (Wildman–Crippen LogP) is 1.70. The van der Waals surface area contributed by atoms with Gasteiger partial charge in [0.25, 0.3) is 0 Å². The van der Waals surface area contributed by atoms with Gasteiger partial charge in [0.1, 0.15) is 5.41 Å². The van der Waals surface area contributed by atoms with E-state index in [1.165, 1.54) is 0 Å². The van der Waals surface area contributed by atoms with E-state index in [0.29, 0.717) is 12.5 Å². The van der Waals surface area contributed by atoms with Gasteiger partial charge < -0.3 is 5.32 Å². The highest BCUT2D eigenvalue weighted by Gasteiger charge is 2.26. The summed E-state index contributed by atoms with van der Waals surface area (Å²) in [4.78, 5) is 11.4. The van der Waals surface area contributed by atoms with E-state index in [1.54, 1.807) is 13.8 Å². The largest absolute Gasteiger partial charge is 0.354 e. The summed E-state index contributed by atoms with van der Waals surface area (Å²) in [6, 6.07) is 1.97. The van der Waals surface area contributed by atoms with Crippen molar-refractivity contribution in [2.45, 2.75) is 34.1 Å². The zero-order valence-corrected chi connectivity index (χ0v) is 8.85. The van der Waals surface area contributed by atoms with Gasteiger partial charge in [-0.3, -0.25) is 4.79 Å². The van der Waals surface area contributed by atoms with Gasteiger partial charge in [0.15, 0.2) is 0 Å². The molecule has 3 nitrogen and oxygen atoms in total. The number of nitrogens with one attached hydrogen (secondary N) is 1. The second-order valence-corrected chi connectivity index (χ2v) is 3.96. The van der Waals surface area contributed by atoms with Gasteiger partial charge >= 0.3 is 0 Å². The normalized spacial score (nSPS) is 13.2. The Bertz CT molecular complexity index is 215. The molecule has 0 aliphatic carbocycles. The molecule has 0 fully saturated rings. The molecule has 0 spiro atoms. The van der Waals surface area contributed by atoms with E-state index in [2.05, 4.69) is 19.2 Å². The van der Waals surface area contributed by atoms with Gasteiger partial charge in [-0.05, 0) is 19.8 Å². The van der Waals surface area contributed by atoms with E-state index in [1.807, 2.05) is 6.07 Å². The molecule has 0 aromatic carbocycles. The second-order valence-electron chi connectivity index (χ2n) is 3.96. The van der Waals surface area contributed by atoms with Crippen LogP contribution in [-0.2, 0) is 4.79 Å². The molecule has 3 heteroatoms. The lowest BCUT2D eigenvalue weighted by atomic mass is 9.94. The highest BCUT2D eigenvalue weighted by atomic mass is 16.2. The number of nitrogens with zero attached hydrogens (tertiary/aromatic N) is 1. The van der Waals surface area contributed by atoms with Crippen LogP contribution in [0.4, 0.5) is 0 Å². The summed E-state index contributed by atoms with van der Waals surface area (Å²) in [5.74, 6) is 0.286. The minimum absolute atomic E-state index is 0.185. The summed E-state index contributed by atoms with van der Waals surface area (Å²) < 4.78 is 0. The van der Waals surface area contributed by atoms with E-state index in [4.69, 9.17) is 5.26 Å². The minimum atomic E-state index is -0.909. The Labute approximate surface area is 80.1 Å². The highest BCUT2D eigenvalue weighted by molar-refractivity contribution is 5.84. The molecular formula is C10H18N2O. The SMILES string of the molecule is CCC(C)CNC(=O)C(C)(C)C#N. The maximum absolute atomic E-state index is 11.4. The van der Waals surface area contributed by atoms with Crippen molar-refractivity contribution in [2.75, 3.05) is 6.54 Å². The first kappa shape index (κ1) is 12.0.